The van der Waals surface area contributed by atoms with Crippen molar-refractivity contribution in [2.45, 2.75) is 30.7 Å². The SMILES string of the molecule is O=P(O)(O)OC[C@H]1O[C@H](OP(=O)(O)O)[C@H]([O-])[C@@H]([O-])[C@@H]1O.[NH4+].[NH4+]. The van der Waals surface area contributed by atoms with Gasteiger partial charge in [-0.15, -0.1) is 6.10 Å². The molecule has 0 amide bonds. The maximum atomic E-state index is 11.4. The van der Waals surface area contributed by atoms with E-state index in [-0.39, 0.29) is 12.3 Å². The highest BCUT2D eigenvalue weighted by atomic mass is 31.2. The van der Waals surface area contributed by atoms with Gasteiger partial charge in [0.05, 0.1) is 12.7 Å². The summed E-state index contributed by atoms with van der Waals surface area (Å²) in [6, 6.07) is 0. The van der Waals surface area contributed by atoms with Gasteiger partial charge < -0.3 is 51.9 Å². The van der Waals surface area contributed by atoms with E-state index in [1.807, 2.05) is 0 Å². The number of hydrogen-bond donors (Lipinski definition) is 7. The van der Waals surface area contributed by atoms with Crippen LogP contribution in [0.2, 0.25) is 0 Å². The highest BCUT2D eigenvalue weighted by Gasteiger charge is 2.39. The van der Waals surface area contributed by atoms with Gasteiger partial charge in [0.25, 0.3) is 0 Å². The van der Waals surface area contributed by atoms with Crippen LogP contribution in [0.5, 0.6) is 0 Å². The van der Waals surface area contributed by atoms with Crippen molar-refractivity contribution in [3.63, 3.8) is 0 Å². The summed E-state index contributed by atoms with van der Waals surface area (Å²) >= 11 is 0. The number of quaternary nitrogens is 2. The van der Waals surface area contributed by atoms with Gasteiger partial charge in [0.2, 0.25) is 0 Å². The second-order valence-electron chi connectivity index (χ2n) is 3.85. The van der Waals surface area contributed by atoms with Crippen molar-refractivity contribution in [2.24, 2.45) is 0 Å². The van der Waals surface area contributed by atoms with Gasteiger partial charge in [-0.3, -0.25) is 9.05 Å². The van der Waals surface area contributed by atoms with E-state index < -0.39 is 53.0 Å². The molecule has 5 atom stereocenters. The molecule has 1 saturated heterocycles. The van der Waals surface area contributed by atoms with Gasteiger partial charge in [0, 0.05) is 0 Å². The van der Waals surface area contributed by atoms with E-state index in [0.29, 0.717) is 0 Å². The summed E-state index contributed by atoms with van der Waals surface area (Å²) < 4.78 is 33.6. The zero-order chi connectivity index (χ0) is 15.7. The molecule has 136 valence electrons. The number of hydrogen-bond acceptors (Lipinski definition) is 8. The van der Waals surface area contributed by atoms with Crippen molar-refractivity contribution in [3.8, 4) is 0 Å². The molecule has 0 aliphatic carbocycles. The molecule has 13 N–H and O–H groups in total. The lowest BCUT2D eigenvalue weighted by molar-refractivity contribution is -0.576. The molecule has 14 nitrogen and oxygen atoms in total. The van der Waals surface area contributed by atoms with E-state index >= 15 is 0 Å². The van der Waals surface area contributed by atoms with Gasteiger partial charge in [-0.25, -0.2) is 9.13 Å². The Morgan fingerprint density at radius 3 is 1.91 bits per heavy atom. The van der Waals surface area contributed by atoms with Crippen molar-refractivity contribution in [2.75, 3.05) is 6.61 Å². The molecule has 0 bridgehead atoms. The van der Waals surface area contributed by atoms with Crippen molar-refractivity contribution in [1.29, 1.82) is 0 Å². The van der Waals surface area contributed by atoms with Crippen LogP contribution < -0.4 is 22.5 Å². The van der Waals surface area contributed by atoms with E-state index in [1.165, 1.54) is 0 Å². The molecule has 0 unspecified atom stereocenters. The summed E-state index contributed by atoms with van der Waals surface area (Å²) in [5.41, 5.74) is 0. The maximum Gasteiger partial charge on any atom is 0.471 e. The average Bonchev–Trinajstić information content (AvgIpc) is 2.25. The lowest BCUT2D eigenvalue weighted by Crippen LogP contribution is -2.68. The molecule has 0 saturated carbocycles. The fourth-order valence-corrected chi connectivity index (χ4v) is 2.20. The van der Waals surface area contributed by atoms with Gasteiger partial charge in [-0.2, -0.15) is 0 Å². The number of phosphoric acid groups is 2. The van der Waals surface area contributed by atoms with Gasteiger partial charge in [-0.05, 0) is 0 Å². The number of phosphoric ester groups is 2. The summed E-state index contributed by atoms with van der Waals surface area (Å²) in [5.74, 6) is 0. The lowest BCUT2D eigenvalue weighted by atomic mass is 10.00. The first-order valence-electron chi connectivity index (χ1n) is 5.00. The maximum absolute atomic E-state index is 11.4. The Kier molecular flexibility index (Phi) is 9.61. The number of ether oxygens (including phenoxy) is 1. The Morgan fingerprint density at radius 1 is 1.00 bits per heavy atom. The summed E-state index contributed by atoms with van der Waals surface area (Å²) in [5, 5.41) is 32.2. The van der Waals surface area contributed by atoms with E-state index in [9.17, 15) is 24.4 Å². The number of aliphatic hydroxyl groups excluding tert-OH is 1. The molecule has 0 aromatic carbocycles. The Hall–Kier alpha value is -0.0200. The van der Waals surface area contributed by atoms with Gasteiger partial charge >= 0.3 is 15.6 Å². The van der Waals surface area contributed by atoms with Crippen LogP contribution >= 0.6 is 15.6 Å². The van der Waals surface area contributed by atoms with E-state index in [4.69, 9.17) is 19.6 Å². The molecule has 1 fully saturated rings. The molecular formula is C6H20N2O12P2. The predicted octanol–water partition coefficient (Wildman–Crippen LogP) is -3.50. The Morgan fingerprint density at radius 2 is 1.50 bits per heavy atom. The zero-order valence-electron chi connectivity index (χ0n) is 11.6. The second-order valence-corrected chi connectivity index (χ2v) is 6.28. The predicted molar refractivity (Wildman–Crippen MR) is 65.3 cm³/mol. The zero-order valence-corrected chi connectivity index (χ0v) is 13.4. The molecule has 0 radical (unpaired) electrons. The molecule has 0 aromatic heterocycles. The molecule has 22 heavy (non-hydrogen) atoms. The third-order valence-corrected chi connectivity index (χ3v) is 3.23. The van der Waals surface area contributed by atoms with E-state index in [1.54, 1.807) is 0 Å². The summed E-state index contributed by atoms with van der Waals surface area (Å²) in [4.78, 5) is 34.0. The summed E-state index contributed by atoms with van der Waals surface area (Å²) in [7, 11) is -10.1. The second kappa shape index (κ2) is 8.73. The fourth-order valence-electron chi connectivity index (χ4n) is 1.42. The molecule has 16 heteroatoms. The largest absolute Gasteiger partial charge is 0.851 e. The third-order valence-electron chi connectivity index (χ3n) is 2.27. The topological polar surface area (TPSA) is 282 Å². The van der Waals surface area contributed by atoms with E-state index in [2.05, 4.69) is 13.8 Å². The number of rotatable bonds is 5. The van der Waals surface area contributed by atoms with Crippen LogP contribution in [0.4, 0.5) is 0 Å². The molecule has 0 spiro atoms. The Labute approximate surface area is 124 Å². The van der Waals surface area contributed by atoms with Crippen LogP contribution in [0.15, 0.2) is 0 Å². The molecule has 1 heterocycles. The molecule has 0 aromatic rings. The normalized spacial score (nSPS) is 32.8. The summed E-state index contributed by atoms with van der Waals surface area (Å²) in [6.07, 6.45) is -10.5. The molecule has 1 rings (SSSR count). The highest BCUT2D eigenvalue weighted by Crippen LogP contribution is 2.41. The van der Waals surface area contributed by atoms with Crippen molar-refractivity contribution >= 4 is 15.6 Å². The first-order chi connectivity index (χ1) is 8.91. The minimum absolute atomic E-state index is 0. The minimum atomic E-state index is -5.14. The standard InChI is InChI=1S/C6H12O12P2.2H3N/c7-3-2(1-16-19(10,11)12)17-6(5(9)4(3)8)18-20(13,14)15;;/h2-7H,1H2,(H2,10,11,12)(H2,13,14,15);2*1H3/q-2;;/p+2/t2-,3-,4+,5-,6-;;/m1../s1. The quantitative estimate of drug-likeness (QED) is 0.231. The van der Waals surface area contributed by atoms with E-state index in [0.717, 1.165) is 0 Å². The first-order valence-corrected chi connectivity index (χ1v) is 8.06. The van der Waals surface area contributed by atoms with Crippen LogP contribution in [0.3, 0.4) is 0 Å². The van der Waals surface area contributed by atoms with Crippen molar-refractivity contribution < 1.29 is 57.8 Å². The Bertz CT molecular complexity index is 422. The van der Waals surface area contributed by atoms with Gasteiger partial charge in [0.15, 0.2) is 6.29 Å². The summed E-state index contributed by atoms with van der Waals surface area (Å²) in [6.45, 7) is -0.974. The third kappa shape index (κ3) is 7.50. The van der Waals surface area contributed by atoms with Crippen molar-refractivity contribution in [3.05, 3.63) is 0 Å². The molecule has 1 aliphatic heterocycles. The first kappa shape index (κ1) is 24.2. The van der Waals surface area contributed by atoms with Crippen LogP contribution in [-0.2, 0) is 22.9 Å². The van der Waals surface area contributed by atoms with Crippen LogP contribution in [0.1, 0.15) is 0 Å². The number of aliphatic hydroxyl groups is 1. The smallest absolute Gasteiger partial charge is 0.471 e. The molecular weight excluding hydrogens is 354 g/mol. The fraction of sp³-hybridized carbons (Fsp3) is 1.00. The van der Waals surface area contributed by atoms with Crippen LogP contribution in [-0.4, -0.2) is 62.0 Å². The van der Waals surface area contributed by atoms with Gasteiger partial charge in [-0.1, -0.05) is 6.10 Å². The molecule has 1 aliphatic rings. The van der Waals surface area contributed by atoms with Gasteiger partial charge in [0.1, 0.15) is 6.10 Å². The lowest BCUT2D eigenvalue weighted by Gasteiger charge is -2.51. The van der Waals surface area contributed by atoms with Crippen molar-refractivity contribution in [1.82, 2.24) is 12.3 Å². The van der Waals surface area contributed by atoms with Crippen LogP contribution in [0, 0.1) is 0 Å². The average molecular weight is 374 g/mol. The minimum Gasteiger partial charge on any atom is -0.851 e. The van der Waals surface area contributed by atoms with Crippen LogP contribution in [0.25, 0.3) is 0 Å². The highest BCUT2D eigenvalue weighted by molar-refractivity contribution is 7.46. The Balaban J connectivity index is 0. The monoisotopic (exact) mass is 374 g/mol.